The predicted octanol–water partition coefficient (Wildman–Crippen LogP) is 2.83. The van der Waals surface area contributed by atoms with Gasteiger partial charge in [-0.2, -0.15) is 5.10 Å². The Hall–Kier alpha value is -0.580. The molecule has 1 aromatic rings. The molecule has 2 rings (SSSR count). The van der Waals surface area contributed by atoms with Crippen LogP contribution < -0.4 is 5.32 Å². The van der Waals surface area contributed by atoms with Gasteiger partial charge in [0.05, 0.1) is 16.4 Å². The van der Waals surface area contributed by atoms with Crippen molar-refractivity contribution >= 4 is 11.6 Å². The van der Waals surface area contributed by atoms with Gasteiger partial charge in [0.2, 0.25) is 0 Å². The molecule has 0 saturated carbocycles. The SMILES string of the molecule is CCC1CN(Cc2c(Cl)c(C)nn2CC)C(C)(C)CN1. The lowest BCUT2D eigenvalue weighted by molar-refractivity contribution is 0.0552. The van der Waals surface area contributed by atoms with Crippen LogP contribution in [0.4, 0.5) is 0 Å². The Morgan fingerprint density at radius 1 is 1.40 bits per heavy atom. The highest BCUT2D eigenvalue weighted by Crippen LogP contribution is 2.27. The fourth-order valence-corrected chi connectivity index (χ4v) is 3.03. The molecule has 1 N–H and O–H groups in total. The molecule has 1 unspecified atom stereocenters. The number of piperazine rings is 1. The Morgan fingerprint density at radius 2 is 2.10 bits per heavy atom. The van der Waals surface area contributed by atoms with Crippen molar-refractivity contribution in [1.82, 2.24) is 20.0 Å². The first kappa shape index (κ1) is 15.8. The molecule has 0 spiro atoms. The van der Waals surface area contributed by atoms with Gasteiger partial charge >= 0.3 is 0 Å². The number of aryl methyl sites for hydroxylation is 2. The van der Waals surface area contributed by atoms with Crippen LogP contribution in [0, 0.1) is 6.92 Å². The zero-order valence-electron chi connectivity index (χ0n) is 13.3. The minimum Gasteiger partial charge on any atom is -0.311 e. The van der Waals surface area contributed by atoms with Crippen molar-refractivity contribution in [2.45, 2.75) is 65.7 Å². The summed E-state index contributed by atoms with van der Waals surface area (Å²) in [5.41, 5.74) is 2.23. The van der Waals surface area contributed by atoms with Gasteiger partial charge in [0, 0.05) is 37.8 Å². The van der Waals surface area contributed by atoms with E-state index in [9.17, 15) is 0 Å². The number of aromatic nitrogens is 2. The molecule has 1 aromatic heterocycles. The van der Waals surface area contributed by atoms with E-state index in [4.69, 9.17) is 11.6 Å². The summed E-state index contributed by atoms with van der Waals surface area (Å²) in [4.78, 5) is 2.53. The van der Waals surface area contributed by atoms with Gasteiger partial charge in [0.1, 0.15) is 0 Å². The summed E-state index contributed by atoms with van der Waals surface area (Å²) in [6.45, 7) is 14.7. The molecule has 0 bridgehead atoms. The molecule has 1 saturated heterocycles. The van der Waals surface area contributed by atoms with Gasteiger partial charge in [-0.15, -0.1) is 0 Å². The van der Waals surface area contributed by atoms with Crippen LogP contribution >= 0.6 is 11.6 Å². The van der Waals surface area contributed by atoms with Gasteiger partial charge in [-0.1, -0.05) is 18.5 Å². The van der Waals surface area contributed by atoms with Gasteiger partial charge in [0.25, 0.3) is 0 Å². The van der Waals surface area contributed by atoms with Crippen LogP contribution in [-0.4, -0.2) is 39.4 Å². The molecular weight excluding hydrogens is 272 g/mol. The average Bonchev–Trinajstić information content (AvgIpc) is 2.68. The summed E-state index contributed by atoms with van der Waals surface area (Å²) >= 11 is 6.45. The molecule has 4 nitrogen and oxygen atoms in total. The Morgan fingerprint density at radius 3 is 2.70 bits per heavy atom. The van der Waals surface area contributed by atoms with E-state index in [1.54, 1.807) is 0 Å². The lowest BCUT2D eigenvalue weighted by Gasteiger charge is -2.46. The summed E-state index contributed by atoms with van der Waals surface area (Å²) in [7, 11) is 0. The van der Waals surface area contributed by atoms with E-state index in [1.807, 2.05) is 11.6 Å². The second-order valence-corrected chi connectivity index (χ2v) is 6.72. The maximum Gasteiger partial charge on any atom is 0.0860 e. The quantitative estimate of drug-likeness (QED) is 0.928. The molecular formula is C15H27ClN4. The van der Waals surface area contributed by atoms with Crippen LogP contribution in [0.2, 0.25) is 5.02 Å². The standard InChI is InChI=1S/C15H27ClN4/c1-6-12-8-19(15(4,5)10-17-12)9-13-14(16)11(3)18-20(13)7-2/h12,17H,6-10H2,1-5H3. The van der Waals surface area contributed by atoms with Crippen LogP contribution in [-0.2, 0) is 13.1 Å². The Labute approximate surface area is 127 Å². The number of nitrogens with one attached hydrogen (secondary N) is 1. The second-order valence-electron chi connectivity index (χ2n) is 6.34. The van der Waals surface area contributed by atoms with E-state index in [-0.39, 0.29) is 5.54 Å². The normalized spacial score (nSPS) is 23.2. The first-order chi connectivity index (χ1) is 9.39. The lowest BCUT2D eigenvalue weighted by Crippen LogP contribution is -2.61. The largest absolute Gasteiger partial charge is 0.311 e. The fourth-order valence-electron chi connectivity index (χ4n) is 2.84. The van der Waals surface area contributed by atoms with E-state index in [0.29, 0.717) is 6.04 Å². The van der Waals surface area contributed by atoms with E-state index in [1.165, 1.54) is 0 Å². The molecule has 5 heteroatoms. The molecule has 20 heavy (non-hydrogen) atoms. The van der Waals surface area contributed by atoms with Crippen molar-refractivity contribution in [2.75, 3.05) is 13.1 Å². The molecule has 0 amide bonds. The Bertz CT molecular complexity index is 467. The monoisotopic (exact) mass is 298 g/mol. The molecule has 0 aromatic carbocycles. The van der Waals surface area contributed by atoms with Gasteiger partial charge in [0.15, 0.2) is 0 Å². The summed E-state index contributed by atoms with van der Waals surface area (Å²) < 4.78 is 2.04. The molecule has 0 aliphatic carbocycles. The lowest BCUT2D eigenvalue weighted by atomic mass is 9.96. The highest BCUT2D eigenvalue weighted by atomic mass is 35.5. The topological polar surface area (TPSA) is 33.1 Å². The van der Waals surface area contributed by atoms with E-state index in [0.717, 1.165) is 49.0 Å². The fraction of sp³-hybridized carbons (Fsp3) is 0.800. The predicted molar refractivity (Wildman–Crippen MR) is 84.2 cm³/mol. The zero-order valence-corrected chi connectivity index (χ0v) is 14.1. The van der Waals surface area contributed by atoms with Gasteiger partial charge in [-0.3, -0.25) is 9.58 Å². The van der Waals surface area contributed by atoms with Crippen molar-refractivity contribution in [3.8, 4) is 0 Å². The molecule has 1 atom stereocenters. The Balaban J connectivity index is 2.23. The third-order valence-corrected chi connectivity index (χ3v) is 4.90. The first-order valence-electron chi connectivity index (χ1n) is 7.59. The van der Waals surface area contributed by atoms with Crippen molar-refractivity contribution < 1.29 is 0 Å². The van der Waals surface area contributed by atoms with Crippen LogP contribution in [0.25, 0.3) is 0 Å². The molecule has 1 aliphatic heterocycles. The van der Waals surface area contributed by atoms with E-state index < -0.39 is 0 Å². The number of halogens is 1. The molecule has 1 fully saturated rings. The highest BCUT2D eigenvalue weighted by Gasteiger charge is 2.34. The molecule has 1 aliphatic rings. The summed E-state index contributed by atoms with van der Waals surface area (Å²) in [5, 5.41) is 8.98. The number of nitrogens with zero attached hydrogens (tertiary/aromatic N) is 3. The first-order valence-corrected chi connectivity index (χ1v) is 7.97. The smallest absolute Gasteiger partial charge is 0.0860 e. The maximum absolute atomic E-state index is 6.45. The second kappa shape index (κ2) is 6.04. The van der Waals surface area contributed by atoms with Crippen molar-refractivity contribution in [2.24, 2.45) is 0 Å². The van der Waals surface area contributed by atoms with Crippen molar-refractivity contribution in [1.29, 1.82) is 0 Å². The van der Waals surface area contributed by atoms with Crippen molar-refractivity contribution in [3.63, 3.8) is 0 Å². The van der Waals surface area contributed by atoms with Gasteiger partial charge in [-0.25, -0.2) is 0 Å². The van der Waals surface area contributed by atoms with E-state index in [2.05, 4.69) is 43.0 Å². The minimum atomic E-state index is 0.145. The molecule has 2 heterocycles. The van der Waals surface area contributed by atoms with Crippen LogP contribution in [0.5, 0.6) is 0 Å². The summed E-state index contributed by atoms with van der Waals surface area (Å²) in [5.74, 6) is 0. The number of rotatable bonds is 4. The van der Waals surface area contributed by atoms with Crippen LogP contribution in [0.3, 0.4) is 0 Å². The van der Waals surface area contributed by atoms with Crippen LogP contribution in [0.15, 0.2) is 0 Å². The minimum absolute atomic E-state index is 0.145. The van der Waals surface area contributed by atoms with Gasteiger partial charge in [-0.05, 0) is 34.1 Å². The molecule has 0 radical (unpaired) electrons. The molecule has 114 valence electrons. The summed E-state index contributed by atoms with van der Waals surface area (Å²) in [6.07, 6.45) is 1.16. The van der Waals surface area contributed by atoms with E-state index >= 15 is 0 Å². The number of hydrogen-bond acceptors (Lipinski definition) is 3. The van der Waals surface area contributed by atoms with Crippen LogP contribution in [0.1, 0.15) is 45.5 Å². The zero-order chi connectivity index (χ0) is 14.9. The third-order valence-electron chi connectivity index (χ3n) is 4.41. The Kier molecular flexibility index (Phi) is 4.77. The maximum atomic E-state index is 6.45. The van der Waals surface area contributed by atoms with Crippen molar-refractivity contribution in [3.05, 3.63) is 16.4 Å². The van der Waals surface area contributed by atoms with Gasteiger partial charge < -0.3 is 5.32 Å². The number of hydrogen-bond donors (Lipinski definition) is 1. The highest BCUT2D eigenvalue weighted by molar-refractivity contribution is 6.31. The average molecular weight is 299 g/mol. The third kappa shape index (κ3) is 3.02. The summed E-state index contributed by atoms with van der Waals surface area (Å²) in [6, 6.07) is 0.570.